The average Bonchev–Trinajstić information content (AvgIpc) is 2.33. The lowest BCUT2D eigenvalue weighted by Crippen LogP contribution is -2.28. The fourth-order valence-corrected chi connectivity index (χ4v) is 1.89. The van der Waals surface area contributed by atoms with E-state index in [1.54, 1.807) is 6.92 Å². The summed E-state index contributed by atoms with van der Waals surface area (Å²) < 4.78 is 6.18. The third kappa shape index (κ3) is 4.31. The molecule has 0 aromatic heterocycles. The molecule has 1 aromatic carbocycles. The fourth-order valence-electron chi connectivity index (χ4n) is 1.52. The first-order valence-electron chi connectivity index (χ1n) is 6.04. The summed E-state index contributed by atoms with van der Waals surface area (Å²) in [7, 11) is 0. The Balaban J connectivity index is 2.81. The molecule has 1 amide bonds. The highest BCUT2D eigenvalue weighted by Gasteiger charge is 2.14. The Hall–Kier alpha value is -1.07. The summed E-state index contributed by atoms with van der Waals surface area (Å²) in [6.07, 6.45) is -0.455. The van der Waals surface area contributed by atoms with Crippen LogP contribution in [0.1, 0.15) is 20.8 Å². The molecule has 0 saturated carbocycles. The highest BCUT2D eigenvalue weighted by atomic mass is 79.9. The first-order valence-corrected chi connectivity index (χ1v) is 6.83. The molecule has 0 aliphatic heterocycles. The molecule has 1 aromatic rings. The first-order chi connectivity index (χ1) is 8.58. The van der Waals surface area contributed by atoms with Crippen molar-refractivity contribution in [3.05, 3.63) is 22.7 Å². The van der Waals surface area contributed by atoms with Crippen LogP contribution in [0, 0.1) is 0 Å². The van der Waals surface area contributed by atoms with Crippen LogP contribution >= 0.6 is 15.9 Å². The van der Waals surface area contributed by atoms with E-state index in [4.69, 9.17) is 4.74 Å². The number of carbonyl (C=O) groups is 1. The minimum absolute atomic E-state index is 0.144. The third-order valence-corrected chi connectivity index (χ3v) is 2.89. The Morgan fingerprint density at radius 3 is 2.72 bits per heavy atom. The Morgan fingerprint density at radius 1 is 1.39 bits per heavy atom. The highest BCUT2D eigenvalue weighted by Crippen LogP contribution is 2.26. The summed E-state index contributed by atoms with van der Waals surface area (Å²) in [5, 5.41) is 6.07. The van der Waals surface area contributed by atoms with Crippen molar-refractivity contribution < 1.29 is 9.53 Å². The van der Waals surface area contributed by atoms with Gasteiger partial charge in [-0.2, -0.15) is 0 Å². The van der Waals surface area contributed by atoms with E-state index < -0.39 is 6.10 Å². The number of halogens is 1. The van der Waals surface area contributed by atoms with E-state index >= 15 is 0 Å². The van der Waals surface area contributed by atoms with Crippen molar-refractivity contribution in [2.75, 3.05) is 23.8 Å². The van der Waals surface area contributed by atoms with E-state index in [1.807, 2.05) is 32.0 Å². The van der Waals surface area contributed by atoms with Gasteiger partial charge in [-0.1, -0.05) is 15.9 Å². The highest BCUT2D eigenvalue weighted by molar-refractivity contribution is 9.10. The molecule has 1 unspecified atom stereocenters. The quantitative estimate of drug-likeness (QED) is 0.847. The van der Waals surface area contributed by atoms with Crippen molar-refractivity contribution in [3.63, 3.8) is 0 Å². The van der Waals surface area contributed by atoms with Crippen molar-refractivity contribution in [1.82, 2.24) is 0 Å². The first kappa shape index (κ1) is 15.0. The maximum atomic E-state index is 11.9. The van der Waals surface area contributed by atoms with E-state index in [0.717, 1.165) is 22.4 Å². The molecule has 0 aliphatic rings. The van der Waals surface area contributed by atoms with Gasteiger partial charge < -0.3 is 15.4 Å². The molecule has 18 heavy (non-hydrogen) atoms. The van der Waals surface area contributed by atoms with Crippen LogP contribution in [0.5, 0.6) is 0 Å². The Bertz CT molecular complexity index is 410. The number of anilines is 2. The maximum Gasteiger partial charge on any atom is 0.253 e. The predicted octanol–water partition coefficient (Wildman–Crippen LogP) is 3.24. The van der Waals surface area contributed by atoms with Gasteiger partial charge in [-0.05, 0) is 39.0 Å². The van der Waals surface area contributed by atoms with E-state index in [-0.39, 0.29) is 5.91 Å². The number of carbonyl (C=O) groups excluding carboxylic acids is 1. The van der Waals surface area contributed by atoms with Crippen molar-refractivity contribution in [3.8, 4) is 0 Å². The zero-order valence-corrected chi connectivity index (χ0v) is 12.5. The lowest BCUT2D eigenvalue weighted by Gasteiger charge is -2.15. The van der Waals surface area contributed by atoms with Crippen molar-refractivity contribution in [2.24, 2.45) is 0 Å². The molecule has 1 rings (SSSR count). The topological polar surface area (TPSA) is 50.4 Å². The van der Waals surface area contributed by atoms with Gasteiger partial charge in [0.05, 0.1) is 11.4 Å². The van der Waals surface area contributed by atoms with Crippen LogP contribution < -0.4 is 10.6 Å². The molecular formula is C13H19BrN2O2. The molecule has 0 saturated heterocycles. The van der Waals surface area contributed by atoms with Gasteiger partial charge >= 0.3 is 0 Å². The van der Waals surface area contributed by atoms with Gasteiger partial charge in [0.15, 0.2) is 0 Å². The number of hydrogen-bond donors (Lipinski definition) is 2. The second-order valence-electron chi connectivity index (χ2n) is 3.81. The SMILES string of the molecule is CCNc1ccc(Br)cc1NC(=O)C(C)OCC. The van der Waals surface area contributed by atoms with Crippen molar-refractivity contribution >= 4 is 33.2 Å². The summed E-state index contributed by atoms with van der Waals surface area (Å²) in [5.74, 6) is -0.144. The molecule has 0 bridgehead atoms. The van der Waals surface area contributed by atoms with Crippen LogP contribution in [-0.2, 0) is 9.53 Å². The average molecular weight is 315 g/mol. The number of amides is 1. The molecule has 1 atom stereocenters. The van der Waals surface area contributed by atoms with E-state index in [0.29, 0.717) is 6.61 Å². The number of rotatable bonds is 6. The minimum Gasteiger partial charge on any atom is -0.384 e. The maximum absolute atomic E-state index is 11.9. The molecule has 2 N–H and O–H groups in total. The summed E-state index contributed by atoms with van der Waals surface area (Å²) >= 11 is 3.39. The second-order valence-corrected chi connectivity index (χ2v) is 4.72. The zero-order chi connectivity index (χ0) is 13.5. The Kier molecular flexibility index (Phi) is 6.15. The van der Waals surface area contributed by atoms with Gasteiger partial charge in [0.2, 0.25) is 0 Å². The molecule has 0 fully saturated rings. The molecular weight excluding hydrogens is 296 g/mol. The normalized spacial score (nSPS) is 12.0. The lowest BCUT2D eigenvalue weighted by molar-refractivity contribution is -0.126. The largest absolute Gasteiger partial charge is 0.384 e. The van der Waals surface area contributed by atoms with Crippen LogP contribution in [0.3, 0.4) is 0 Å². The van der Waals surface area contributed by atoms with Crippen molar-refractivity contribution in [2.45, 2.75) is 26.9 Å². The predicted molar refractivity (Wildman–Crippen MR) is 78.0 cm³/mol. The summed E-state index contributed by atoms with van der Waals surface area (Å²) in [4.78, 5) is 11.9. The standard InChI is InChI=1S/C13H19BrN2O2/c1-4-15-11-7-6-10(14)8-12(11)16-13(17)9(3)18-5-2/h6-9,15H,4-5H2,1-3H3,(H,16,17). The molecule has 4 nitrogen and oxygen atoms in total. The Labute approximate surface area is 116 Å². The monoisotopic (exact) mass is 314 g/mol. The third-order valence-electron chi connectivity index (χ3n) is 2.39. The molecule has 0 aliphatic carbocycles. The van der Waals surface area contributed by atoms with Crippen LogP contribution in [0.15, 0.2) is 22.7 Å². The van der Waals surface area contributed by atoms with E-state index in [2.05, 4.69) is 26.6 Å². The molecule has 5 heteroatoms. The van der Waals surface area contributed by atoms with Crippen LogP contribution in [0.2, 0.25) is 0 Å². The van der Waals surface area contributed by atoms with Gasteiger partial charge in [-0.15, -0.1) is 0 Å². The second kappa shape index (κ2) is 7.38. The lowest BCUT2D eigenvalue weighted by atomic mass is 10.2. The molecule has 0 heterocycles. The van der Waals surface area contributed by atoms with Crippen LogP contribution in [-0.4, -0.2) is 25.2 Å². The molecule has 0 spiro atoms. The van der Waals surface area contributed by atoms with Crippen molar-refractivity contribution in [1.29, 1.82) is 0 Å². The number of ether oxygens (including phenoxy) is 1. The van der Waals surface area contributed by atoms with Crippen LogP contribution in [0.4, 0.5) is 11.4 Å². The smallest absolute Gasteiger partial charge is 0.253 e. The molecule has 0 radical (unpaired) electrons. The van der Waals surface area contributed by atoms with E-state index in [1.165, 1.54) is 0 Å². The van der Waals surface area contributed by atoms with Gasteiger partial charge in [0, 0.05) is 17.6 Å². The zero-order valence-electron chi connectivity index (χ0n) is 10.9. The van der Waals surface area contributed by atoms with Gasteiger partial charge in [-0.3, -0.25) is 4.79 Å². The van der Waals surface area contributed by atoms with Gasteiger partial charge in [0.25, 0.3) is 5.91 Å². The van der Waals surface area contributed by atoms with Gasteiger partial charge in [0.1, 0.15) is 6.10 Å². The summed E-state index contributed by atoms with van der Waals surface area (Å²) in [6, 6.07) is 5.72. The molecule has 100 valence electrons. The minimum atomic E-state index is -0.455. The van der Waals surface area contributed by atoms with Crippen LogP contribution in [0.25, 0.3) is 0 Å². The Morgan fingerprint density at radius 2 is 2.11 bits per heavy atom. The fraction of sp³-hybridized carbons (Fsp3) is 0.462. The number of nitrogens with one attached hydrogen (secondary N) is 2. The number of hydrogen-bond acceptors (Lipinski definition) is 3. The van der Waals surface area contributed by atoms with Gasteiger partial charge in [-0.25, -0.2) is 0 Å². The summed E-state index contributed by atoms with van der Waals surface area (Å²) in [6.45, 7) is 6.94. The van der Waals surface area contributed by atoms with E-state index in [9.17, 15) is 4.79 Å². The number of benzene rings is 1. The summed E-state index contributed by atoms with van der Waals surface area (Å²) in [5.41, 5.74) is 1.65.